The van der Waals surface area contributed by atoms with Crippen LogP contribution in [0.25, 0.3) is 0 Å². The molecular formula is C16H17O4S-. The maximum atomic E-state index is 10.9. The Bertz CT molecular complexity index is 623. The Morgan fingerprint density at radius 3 is 2.48 bits per heavy atom. The van der Waals surface area contributed by atoms with E-state index in [9.17, 15) is 8.76 Å². The minimum atomic E-state index is -2.13. The van der Waals surface area contributed by atoms with E-state index in [0.29, 0.717) is 17.9 Å². The standard InChI is InChI=1S/C16H18O4S/c1-12-3-8-16(14(9-12)11-21(17)18)20-10-13-4-6-15(19-2)7-5-13/h3-9H,10-11H2,1-2H3,(H,17,18)/p-1. The molecule has 2 rings (SSSR count). The Balaban J connectivity index is 2.09. The molecule has 4 nitrogen and oxygen atoms in total. The van der Waals surface area contributed by atoms with E-state index in [0.717, 1.165) is 16.9 Å². The topological polar surface area (TPSA) is 58.6 Å². The summed E-state index contributed by atoms with van der Waals surface area (Å²) in [6.07, 6.45) is 0. The summed E-state index contributed by atoms with van der Waals surface area (Å²) < 4.78 is 32.7. The first-order chi connectivity index (χ1) is 10.1. The lowest BCUT2D eigenvalue weighted by Crippen LogP contribution is -2.01. The molecule has 0 aliphatic heterocycles. The zero-order valence-electron chi connectivity index (χ0n) is 12.0. The van der Waals surface area contributed by atoms with Crippen LogP contribution in [0.5, 0.6) is 11.5 Å². The van der Waals surface area contributed by atoms with Crippen LogP contribution < -0.4 is 9.47 Å². The van der Waals surface area contributed by atoms with E-state index in [-0.39, 0.29) is 5.75 Å². The second kappa shape index (κ2) is 7.24. The average Bonchev–Trinajstić information content (AvgIpc) is 2.46. The van der Waals surface area contributed by atoms with Crippen LogP contribution >= 0.6 is 0 Å². The number of ether oxygens (including phenoxy) is 2. The van der Waals surface area contributed by atoms with Gasteiger partial charge in [0.2, 0.25) is 0 Å². The van der Waals surface area contributed by atoms with Gasteiger partial charge in [0.25, 0.3) is 0 Å². The van der Waals surface area contributed by atoms with Crippen LogP contribution in [0.3, 0.4) is 0 Å². The van der Waals surface area contributed by atoms with E-state index in [2.05, 4.69) is 0 Å². The van der Waals surface area contributed by atoms with Crippen molar-refractivity contribution in [3.05, 3.63) is 59.2 Å². The van der Waals surface area contributed by atoms with Crippen molar-refractivity contribution in [3.63, 3.8) is 0 Å². The molecule has 0 saturated heterocycles. The van der Waals surface area contributed by atoms with Crippen LogP contribution in [0, 0.1) is 6.92 Å². The normalized spacial score (nSPS) is 12.0. The van der Waals surface area contributed by atoms with Crippen LogP contribution in [0.15, 0.2) is 42.5 Å². The SMILES string of the molecule is COc1ccc(COc2ccc(C)cc2CS(=O)[O-])cc1. The van der Waals surface area contributed by atoms with Gasteiger partial charge in [-0.2, -0.15) is 0 Å². The fraction of sp³-hybridized carbons (Fsp3) is 0.250. The molecule has 0 bridgehead atoms. The van der Waals surface area contributed by atoms with E-state index in [4.69, 9.17) is 9.47 Å². The van der Waals surface area contributed by atoms with Crippen LogP contribution in [-0.2, 0) is 23.4 Å². The second-order valence-corrected chi connectivity index (χ2v) is 5.59. The van der Waals surface area contributed by atoms with Crippen molar-refractivity contribution < 1.29 is 18.2 Å². The third-order valence-electron chi connectivity index (χ3n) is 3.04. The van der Waals surface area contributed by atoms with E-state index in [1.54, 1.807) is 13.2 Å². The molecule has 21 heavy (non-hydrogen) atoms. The molecule has 0 spiro atoms. The summed E-state index contributed by atoms with van der Waals surface area (Å²) >= 11 is -2.13. The summed E-state index contributed by atoms with van der Waals surface area (Å²) in [5, 5.41) is 0. The monoisotopic (exact) mass is 305 g/mol. The molecule has 2 aromatic carbocycles. The average molecular weight is 305 g/mol. The fourth-order valence-electron chi connectivity index (χ4n) is 1.97. The first kappa shape index (κ1) is 15.5. The molecule has 1 unspecified atom stereocenters. The molecule has 5 heteroatoms. The van der Waals surface area contributed by atoms with Crippen molar-refractivity contribution in [2.24, 2.45) is 0 Å². The minimum Gasteiger partial charge on any atom is -0.772 e. The van der Waals surface area contributed by atoms with Gasteiger partial charge in [0.15, 0.2) is 0 Å². The molecule has 0 amide bonds. The quantitative estimate of drug-likeness (QED) is 0.770. The molecule has 2 aromatic rings. The highest BCUT2D eigenvalue weighted by Gasteiger charge is 2.05. The molecule has 0 heterocycles. The number of benzene rings is 2. The lowest BCUT2D eigenvalue weighted by atomic mass is 10.1. The molecular weight excluding hydrogens is 288 g/mol. The molecule has 0 aliphatic rings. The first-order valence-corrected chi connectivity index (χ1v) is 7.74. The van der Waals surface area contributed by atoms with Gasteiger partial charge in [-0.3, -0.25) is 4.21 Å². The highest BCUT2D eigenvalue weighted by Crippen LogP contribution is 2.23. The van der Waals surface area contributed by atoms with E-state index in [1.807, 2.05) is 43.3 Å². The lowest BCUT2D eigenvalue weighted by Gasteiger charge is -2.14. The van der Waals surface area contributed by atoms with Gasteiger partial charge in [-0.15, -0.1) is 0 Å². The van der Waals surface area contributed by atoms with E-state index >= 15 is 0 Å². The Kier molecular flexibility index (Phi) is 5.36. The molecule has 0 aliphatic carbocycles. The van der Waals surface area contributed by atoms with Crippen molar-refractivity contribution in [2.75, 3.05) is 7.11 Å². The molecule has 0 fully saturated rings. The molecule has 0 aromatic heterocycles. The number of hydrogen-bond donors (Lipinski definition) is 0. The number of aryl methyl sites for hydroxylation is 1. The summed E-state index contributed by atoms with van der Waals surface area (Å²) in [5.41, 5.74) is 2.68. The maximum absolute atomic E-state index is 10.9. The van der Waals surface area contributed by atoms with Gasteiger partial charge in [-0.25, -0.2) is 0 Å². The Labute approximate surface area is 127 Å². The molecule has 0 radical (unpaired) electrons. The van der Waals surface area contributed by atoms with Gasteiger partial charge in [0.05, 0.1) is 7.11 Å². The van der Waals surface area contributed by atoms with Crippen molar-refractivity contribution >= 4 is 11.1 Å². The number of methoxy groups -OCH3 is 1. The van der Waals surface area contributed by atoms with Crippen molar-refractivity contribution in [3.8, 4) is 11.5 Å². The smallest absolute Gasteiger partial charge is 0.123 e. The van der Waals surface area contributed by atoms with E-state index < -0.39 is 11.1 Å². The molecule has 112 valence electrons. The second-order valence-electron chi connectivity index (χ2n) is 4.70. The number of hydrogen-bond acceptors (Lipinski definition) is 4. The Morgan fingerprint density at radius 1 is 1.14 bits per heavy atom. The summed E-state index contributed by atoms with van der Waals surface area (Å²) in [4.78, 5) is 0. The van der Waals surface area contributed by atoms with Crippen LogP contribution in [0.1, 0.15) is 16.7 Å². The van der Waals surface area contributed by atoms with Crippen LogP contribution in [-0.4, -0.2) is 15.9 Å². The summed E-state index contributed by atoms with van der Waals surface area (Å²) in [7, 11) is 1.62. The predicted octanol–water partition coefficient (Wildman–Crippen LogP) is 2.96. The van der Waals surface area contributed by atoms with Crippen LogP contribution in [0.4, 0.5) is 0 Å². The van der Waals surface area contributed by atoms with Gasteiger partial charge in [-0.05, 0) is 30.7 Å². The highest BCUT2D eigenvalue weighted by molar-refractivity contribution is 7.78. The zero-order valence-corrected chi connectivity index (χ0v) is 12.8. The van der Waals surface area contributed by atoms with Crippen LogP contribution in [0.2, 0.25) is 0 Å². The van der Waals surface area contributed by atoms with E-state index in [1.165, 1.54) is 0 Å². The lowest BCUT2D eigenvalue weighted by molar-refractivity contribution is 0.303. The van der Waals surface area contributed by atoms with Crippen molar-refractivity contribution in [1.29, 1.82) is 0 Å². The molecule has 1 atom stereocenters. The summed E-state index contributed by atoms with van der Waals surface area (Å²) in [6.45, 7) is 2.30. The molecule has 0 N–H and O–H groups in total. The van der Waals surface area contributed by atoms with Gasteiger partial charge in [0.1, 0.15) is 18.1 Å². The Hall–Kier alpha value is -1.85. The number of rotatable bonds is 6. The van der Waals surface area contributed by atoms with Gasteiger partial charge in [-0.1, -0.05) is 40.9 Å². The highest BCUT2D eigenvalue weighted by atomic mass is 32.2. The maximum Gasteiger partial charge on any atom is 0.123 e. The Morgan fingerprint density at radius 2 is 1.86 bits per heavy atom. The van der Waals surface area contributed by atoms with Gasteiger partial charge < -0.3 is 14.0 Å². The largest absolute Gasteiger partial charge is 0.772 e. The van der Waals surface area contributed by atoms with Crippen molar-refractivity contribution in [1.82, 2.24) is 0 Å². The van der Waals surface area contributed by atoms with Gasteiger partial charge >= 0.3 is 0 Å². The fourth-order valence-corrected chi connectivity index (χ4v) is 2.45. The summed E-state index contributed by atoms with van der Waals surface area (Å²) in [5.74, 6) is 1.34. The molecule has 0 saturated carbocycles. The summed E-state index contributed by atoms with van der Waals surface area (Å²) in [6, 6.07) is 13.1. The van der Waals surface area contributed by atoms with Gasteiger partial charge in [0, 0.05) is 11.3 Å². The third kappa shape index (κ3) is 4.58. The zero-order chi connectivity index (χ0) is 15.2. The first-order valence-electron chi connectivity index (χ1n) is 6.49. The predicted molar refractivity (Wildman–Crippen MR) is 81.1 cm³/mol. The van der Waals surface area contributed by atoms with Crippen molar-refractivity contribution in [2.45, 2.75) is 19.3 Å². The third-order valence-corrected chi connectivity index (χ3v) is 3.59. The minimum absolute atomic E-state index is 0.0420.